The molecule has 0 fully saturated rings. The van der Waals surface area contributed by atoms with Crippen LogP contribution in [0.5, 0.6) is 5.75 Å². The zero-order chi connectivity index (χ0) is 14.6. The van der Waals surface area contributed by atoms with Crippen molar-refractivity contribution in [2.24, 2.45) is 5.73 Å². The van der Waals surface area contributed by atoms with Crippen molar-refractivity contribution in [1.29, 1.82) is 0 Å². The molecule has 1 aromatic carbocycles. The first-order valence-corrected chi connectivity index (χ1v) is 5.11. The summed E-state index contributed by atoms with van der Waals surface area (Å²) in [5, 5.41) is 10.7. The van der Waals surface area contributed by atoms with Gasteiger partial charge in [0.1, 0.15) is 6.61 Å². The van der Waals surface area contributed by atoms with E-state index >= 15 is 0 Å². The molecule has 0 bridgehead atoms. The van der Waals surface area contributed by atoms with Crippen LogP contribution in [-0.4, -0.2) is 18.1 Å². The van der Waals surface area contributed by atoms with Crippen LogP contribution in [0.2, 0.25) is 0 Å². The smallest absolute Gasteiger partial charge is 0.416 e. The molecule has 104 valence electrons. The minimum absolute atomic E-state index is 0.0945. The topological polar surface area (TPSA) is 78.4 Å². The summed E-state index contributed by atoms with van der Waals surface area (Å²) in [6.07, 6.45) is -4.65. The average molecular weight is 276 g/mol. The first kappa shape index (κ1) is 15.0. The molecule has 0 radical (unpaired) electrons. The highest BCUT2D eigenvalue weighted by molar-refractivity contribution is 5.49. The molecule has 0 unspecified atom stereocenters. The summed E-state index contributed by atoms with van der Waals surface area (Å²) in [7, 11) is 0. The van der Waals surface area contributed by atoms with Crippen molar-refractivity contribution >= 4 is 5.69 Å². The van der Waals surface area contributed by atoms with Crippen molar-refractivity contribution in [1.82, 2.24) is 0 Å². The number of nitrogens with zero attached hydrogens (tertiary/aromatic N) is 1. The van der Waals surface area contributed by atoms with E-state index in [-0.39, 0.29) is 18.9 Å². The van der Waals surface area contributed by atoms with Crippen molar-refractivity contribution in [2.45, 2.75) is 6.18 Å². The fourth-order valence-electron chi connectivity index (χ4n) is 1.20. The standard InChI is InChI=1S/C11H11F3N2O3/c1-7(5-15)6-19-10-3-2-8(11(12,13)14)4-9(10)16(17)18/h2-4H,1,5-6,15H2. The molecule has 0 spiro atoms. The van der Waals surface area contributed by atoms with Gasteiger partial charge in [-0.15, -0.1) is 0 Å². The third kappa shape index (κ3) is 3.95. The van der Waals surface area contributed by atoms with Gasteiger partial charge in [-0.05, 0) is 17.7 Å². The monoisotopic (exact) mass is 276 g/mol. The molecule has 0 heterocycles. The van der Waals surface area contributed by atoms with Crippen LogP contribution in [0.15, 0.2) is 30.4 Å². The van der Waals surface area contributed by atoms with Crippen molar-refractivity contribution in [3.05, 3.63) is 46.0 Å². The van der Waals surface area contributed by atoms with E-state index in [2.05, 4.69) is 6.58 Å². The minimum Gasteiger partial charge on any atom is -0.482 e. The maximum Gasteiger partial charge on any atom is 0.416 e. The van der Waals surface area contributed by atoms with Crippen molar-refractivity contribution in [2.75, 3.05) is 13.2 Å². The van der Waals surface area contributed by atoms with Gasteiger partial charge in [0.15, 0.2) is 5.75 Å². The third-order valence-corrected chi connectivity index (χ3v) is 2.20. The van der Waals surface area contributed by atoms with Crippen LogP contribution in [0.3, 0.4) is 0 Å². The van der Waals surface area contributed by atoms with E-state index in [1.165, 1.54) is 0 Å². The van der Waals surface area contributed by atoms with Crippen LogP contribution in [0.4, 0.5) is 18.9 Å². The summed E-state index contributed by atoms with van der Waals surface area (Å²) in [4.78, 5) is 9.79. The van der Waals surface area contributed by atoms with Gasteiger partial charge < -0.3 is 10.5 Å². The Hall–Kier alpha value is -2.09. The second kappa shape index (κ2) is 5.70. The van der Waals surface area contributed by atoms with E-state index < -0.39 is 22.4 Å². The number of nitro groups is 1. The zero-order valence-electron chi connectivity index (χ0n) is 9.74. The average Bonchev–Trinajstić information content (AvgIpc) is 2.34. The van der Waals surface area contributed by atoms with Crippen molar-refractivity contribution in [3.8, 4) is 5.75 Å². The van der Waals surface area contributed by atoms with Gasteiger partial charge in [-0.2, -0.15) is 13.2 Å². The van der Waals surface area contributed by atoms with Crippen molar-refractivity contribution < 1.29 is 22.8 Å². The second-order valence-corrected chi connectivity index (χ2v) is 3.68. The van der Waals surface area contributed by atoms with Crippen LogP contribution in [0.25, 0.3) is 0 Å². The van der Waals surface area contributed by atoms with Crippen LogP contribution >= 0.6 is 0 Å². The molecule has 0 saturated carbocycles. The Morgan fingerprint density at radius 2 is 2.11 bits per heavy atom. The highest BCUT2D eigenvalue weighted by Gasteiger charge is 2.33. The number of hydrogen-bond donors (Lipinski definition) is 1. The molecule has 2 N–H and O–H groups in total. The maximum absolute atomic E-state index is 12.4. The van der Waals surface area contributed by atoms with E-state index in [0.717, 1.165) is 6.07 Å². The Kier molecular flexibility index (Phi) is 4.49. The number of ether oxygens (including phenoxy) is 1. The van der Waals surface area contributed by atoms with Gasteiger partial charge >= 0.3 is 11.9 Å². The van der Waals surface area contributed by atoms with Gasteiger partial charge in [-0.3, -0.25) is 10.1 Å². The lowest BCUT2D eigenvalue weighted by molar-refractivity contribution is -0.386. The zero-order valence-corrected chi connectivity index (χ0v) is 9.74. The fourth-order valence-corrected chi connectivity index (χ4v) is 1.20. The first-order valence-electron chi connectivity index (χ1n) is 5.11. The molecule has 19 heavy (non-hydrogen) atoms. The van der Waals surface area contributed by atoms with Gasteiger partial charge in [0, 0.05) is 12.6 Å². The molecule has 8 heteroatoms. The number of halogens is 3. The van der Waals surface area contributed by atoms with Gasteiger partial charge in [0.2, 0.25) is 0 Å². The van der Waals surface area contributed by atoms with Gasteiger partial charge in [0.25, 0.3) is 0 Å². The lowest BCUT2D eigenvalue weighted by Gasteiger charge is -2.10. The number of nitrogens with two attached hydrogens (primary N) is 1. The van der Waals surface area contributed by atoms with Gasteiger partial charge in [-0.1, -0.05) is 6.58 Å². The highest BCUT2D eigenvalue weighted by Crippen LogP contribution is 2.36. The molecule has 0 aromatic heterocycles. The van der Waals surface area contributed by atoms with Crippen LogP contribution < -0.4 is 10.5 Å². The lowest BCUT2D eigenvalue weighted by Crippen LogP contribution is -2.11. The van der Waals surface area contributed by atoms with E-state index in [1.54, 1.807) is 0 Å². The molecule has 0 amide bonds. The number of nitro benzene ring substituents is 1. The molecule has 1 rings (SSSR count). The predicted octanol–water partition coefficient (Wildman–Crippen LogP) is 2.51. The summed E-state index contributed by atoms with van der Waals surface area (Å²) in [6, 6.07) is 2.05. The Morgan fingerprint density at radius 3 is 2.58 bits per heavy atom. The van der Waals surface area contributed by atoms with Gasteiger partial charge in [-0.25, -0.2) is 0 Å². The van der Waals surface area contributed by atoms with Crippen LogP contribution in [-0.2, 0) is 6.18 Å². The minimum atomic E-state index is -4.65. The Morgan fingerprint density at radius 1 is 1.47 bits per heavy atom. The van der Waals surface area contributed by atoms with Crippen molar-refractivity contribution in [3.63, 3.8) is 0 Å². The van der Waals surface area contributed by atoms with E-state index in [4.69, 9.17) is 10.5 Å². The fraction of sp³-hybridized carbons (Fsp3) is 0.273. The Bertz CT molecular complexity index is 500. The predicted molar refractivity (Wildman–Crippen MR) is 61.8 cm³/mol. The lowest BCUT2D eigenvalue weighted by atomic mass is 10.2. The molecule has 5 nitrogen and oxygen atoms in total. The number of benzene rings is 1. The van der Waals surface area contributed by atoms with Crippen LogP contribution in [0, 0.1) is 10.1 Å². The molecular formula is C11H11F3N2O3. The number of alkyl halides is 3. The molecule has 0 aliphatic rings. The van der Waals surface area contributed by atoms with E-state index in [9.17, 15) is 23.3 Å². The molecule has 0 saturated heterocycles. The normalized spacial score (nSPS) is 11.2. The SMILES string of the molecule is C=C(CN)COc1ccc(C(F)(F)F)cc1[N+](=O)[O-]. The summed E-state index contributed by atoms with van der Waals surface area (Å²) < 4.78 is 42.3. The van der Waals surface area contributed by atoms with E-state index in [1.807, 2.05) is 0 Å². The third-order valence-electron chi connectivity index (χ3n) is 2.20. The largest absolute Gasteiger partial charge is 0.482 e. The maximum atomic E-state index is 12.4. The molecule has 1 aromatic rings. The molecule has 0 aliphatic heterocycles. The summed E-state index contributed by atoms with van der Waals surface area (Å²) in [5.41, 5.74) is 3.86. The van der Waals surface area contributed by atoms with Gasteiger partial charge in [0.05, 0.1) is 10.5 Å². The quantitative estimate of drug-likeness (QED) is 0.509. The summed E-state index contributed by atoms with van der Waals surface area (Å²) in [6.45, 7) is 3.54. The Labute approximate surface area is 106 Å². The Balaban J connectivity index is 3.05. The summed E-state index contributed by atoms with van der Waals surface area (Å²) >= 11 is 0. The number of rotatable bonds is 5. The molecular weight excluding hydrogens is 265 g/mol. The molecule has 0 atom stereocenters. The first-order chi connectivity index (χ1) is 8.75. The highest BCUT2D eigenvalue weighted by atomic mass is 19.4. The number of hydrogen-bond acceptors (Lipinski definition) is 4. The second-order valence-electron chi connectivity index (χ2n) is 3.68. The molecule has 0 aliphatic carbocycles. The van der Waals surface area contributed by atoms with E-state index in [0.29, 0.717) is 17.7 Å². The van der Waals surface area contributed by atoms with Crippen LogP contribution in [0.1, 0.15) is 5.56 Å². The summed E-state index contributed by atoms with van der Waals surface area (Å²) in [5.74, 6) is -0.257.